The molecule has 0 bridgehead atoms. The highest BCUT2D eigenvalue weighted by Gasteiger charge is 2.52. The number of aliphatic hydroxyl groups excluding tert-OH is 1. The second-order valence-electron chi connectivity index (χ2n) is 17.0. The van der Waals surface area contributed by atoms with Gasteiger partial charge in [-0.25, -0.2) is 14.4 Å². The molecule has 14 heteroatoms. The normalized spacial score (nSPS) is 24.1. The Labute approximate surface area is 418 Å². The molecule has 6 aromatic rings. The summed E-state index contributed by atoms with van der Waals surface area (Å²) in [4.78, 5) is 43.2. The van der Waals surface area contributed by atoms with Crippen LogP contribution in [0, 0.1) is 0 Å². The van der Waals surface area contributed by atoms with Crippen molar-refractivity contribution in [2.24, 2.45) is 0 Å². The van der Waals surface area contributed by atoms with Crippen LogP contribution in [0.15, 0.2) is 176 Å². The van der Waals surface area contributed by atoms with Gasteiger partial charge in [0.2, 0.25) is 0 Å². The van der Waals surface area contributed by atoms with Gasteiger partial charge >= 0.3 is 17.9 Å². The number of esters is 3. The maximum Gasteiger partial charge on any atom is 0.339 e. The quantitative estimate of drug-likeness (QED) is 0.0538. The zero-order valence-corrected chi connectivity index (χ0v) is 40.3. The van der Waals surface area contributed by atoms with Crippen LogP contribution in [0.1, 0.15) is 67.2 Å². The highest BCUT2D eigenvalue weighted by Crippen LogP contribution is 2.36. The summed E-state index contributed by atoms with van der Waals surface area (Å²) in [7, 11) is 0. The minimum Gasteiger partial charge on any atom is -0.452 e. The third-order valence-electron chi connectivity index (χ3n) is 12.0. The highest BCUT2D eigenvalue weighted by molar-refractivity contribution is 7.99. The maximum absolute atomic E-state index is 14.7. The lowest BCUT2D eigenvalue weighted by molar-refractivity contribution is -0.304. The van der Waals surface area contributed by atoms with E-state index in [1.54, 1.807) is 42.5 Å². The second kappa shape index (κ2) is 25.8. The molecule has 2 aliphatic heterocycles. The Morgan fingerprint density at radius 2 is 0.930 bits per heavy atom. The van der Waals surface area contributed by atoms with Crippen LogP contribution in [0.3, 0.4) is 0 Å². The first-order valence-corrected chi connectivity index (χ1v) is 24.8. The van der Waals surface area contributed by atoms with Gasteiger partial charge in [0.1, 0.15) is 29.9 Å². The molecule has 1 N–H and O–H groups in total. The van der Waals surface area contributed by atoms with Crippen molar-refractivity contribution in [1.82, 2.24) is 0 Å². The molecule has 0 saturated carbocycles. The van der Waals surface area contributed by atoms with Gasteiger partial charge in [0.25, 0.3) is 0 Å². The molecular weight excluding hydrogens is 925 g/mol. The molecule has 0 aliphatic carbocycles. The van der Waals surface area contributed by atoms with Crippen molar-refractivity contribution in [3.05, 3.63) is 215 Å². The topological polar surface area (TPSA) is 155 Å². The summed E-state index contributed by atoms with van der Waals surface area (Å²) in [6, 6.07) is 52.4. The van der Waals surface area contributed by atoms with E-state index in [0.717, 1.165) is 22.3 Å². The fourth-order valence-electron chi connectivity index (χ4n) is 8.37. The Balaban J connectivity index is 1.08. The van der Waals surface area contributed by atoms with Crippen LogP contribution in [-0.4, -0.2) is 95.9 Å². The number of thioether (sulfide) groups is 1. The molecule has 2 saturated heterocycles. The molecule has 2 heterocycles. The average Bonchev–Trinajstić information content (AvgIpc) is 3.41. The molecule has 2 aliphatic rings. The number of ether oxygens (including phenoxy) is 9. The molecule has 0 amide bonds. The number of carbonyl (C=O) groups excluding carboxylic acids is 3. The predicted octanol–water partition coefficient (Wildman–Crippen LogP) is 9.15. The standard InChI is InChI=1S/C57H58O13S/c1-3-71-57-52(50(64-35-41-25-13-6-14-26-41)48(38(2)66-57)63-34-40-23-11-5-12-24-40)70-55(61)45-32-20-19-31-44(45)54(60)68-49-47(58)46(37-62-33-39-21-9-4-10-22-39)67-56(65-36-42-27-15-7-16-28-42)51(49)69-53(59)43-29-17-8-18-30-43/h4-32,38,46-52,56-58H,3,33-37H2,1-2H3/t38-,46+,47+,48?,49-,50-,51+,52+,56-,57-/m0/s1. The molecule has 1 unspecified atom stereocenters. The Bertz CT molecular complexity index is 2570. The Kier molecular flexibility index (Phi) is 18.6. The lowest BCUT2D eigenvalue weighted by atomic mass is 9.98. The molecule has 71 heavy (non-hydrogen) atoms. The van der Waals surface area contributed by atoms with E-state index in [4.69, 9.17) is 42.6 Å². The number of hydrogen-bond donors (Lipinski definition) is 1. The minimum atomic E-state index is -1.61. The first kappa shape index (κ1) is 51.2. The van der Waals surface area contributed by atoms with Crippen LogP contribution in [-0.2, 0) is 69.1 Å². The van der Waals surface area contributed by atoms with Crippen LogP contribution in [0.5, 0.6) is 0 Å². The number of benzene rings is 6. The van der Waals surface area contributed by atoms with Gasteiger partial charge in [-0.15, -0.1) is 11.8 Å². The summed E-state index contributed by atoms with van der Waals surface area (Å²) in [6.07, 6.45) is -10.1. The van der Waals surface area contributed by atoms with Crippen LogP contribution in [0.4, 0.5) is 0 Å². The minimum absolute atomic E-state index is 0.0170. The number of carbonyl (C=O) groups is 3. The van der Waals surface area contributed by atoms with Crippen molar-refractivity contribution in [1.29, 1.82) is 0 Å². The molecule has 10 atom stereocenters. The van der Waals surface area contributed by atoms with E-state index in [2.05, 4.69) is 0 Å². The summed E-state index contributed by atoms with van der Waals surface area (Å²) < 4.78 is 57.1. The largest absolute Gasteiger partial charge is 0.452 e. The summed E-state index contributed by atoms with van der Waals surface area (Å²) in [6.45, 7) is 4.39. The number of hydrogen-bond acceptors (Lipinski definition) is 14. The molecule has 0 radical (unpaired) electrons. The molecule has 6 aromatic carbocycles. The number of rotatable bonds is 21. The fourth-order valence-corrected chi connectivity index (χ4v) is 9.35. The zero-order chi connectivity index (χ0) is 49.4. The van der Waals surface area contributed by atoms with Gasteiger partial charge in [-0.1, -0.05) is 159 Å². The third kappa shape index (κ3) is 13.8. The third-order valence-corrected chi connectivity index (χ3v) is 13.0. The molecular formula is C57H58O13S. The summed E-state index contributed by atoms with van der Waals surface area (Å²) in [5.41, 5.74) is 2.76. The van der Waals surface area contributed by atoms with Gasteiger partial charge in [0, 0.05) is 0 Å². The highest BCUT2D eigenvalue weighted by atomic mass is 32.2. The fraction of sp³-hybridized carbons (Fsp3) is 0.316. The van der Waals surface area contributed by atoms with Gasteiger partial charge < -0.3 is 47.7 Å². The van der Waals surface area contributed by atoms with Gasteiger partial charge in [-0.2, -0.15) is 0 Å². The van der Waals surface area contributed by atoms with Crippen LogP contribution in [0.2, 0.25) is 0 Å². The van der Waals surface area contributed by atoms with E-state index < -0.39 is 78.5 Å². The van der Waals surface area contributed by atoms with Gasteiger partial charge in [0.15, 0.2) is 24.6 Å². The Morgan fingerprint density at radius 3 is 1.45 bits per heavy atom. The van der Waals surface area contributed by atoms with Crippen molar-refractivity contribution in [3.63, 3.8) is 0 Å². The van der Waals surface area contributed by atoms with E-state index >= 15 is 0 Å². The average molecular weight is 983 g/mol. The molecule has 0 spiro atoms. The summed E-state index contributed by atoms with van der Waals surface area (Å²) >= 11 is 1.46. The lowest BCUT2D eigenvalue weighted by Crippen LogP contribution is -2.62. The first-order valence-electron chi connectivity index (χ1n) is 23.7. The Morgan fingerprint density at radius 1 is 0.493 bits per heavy atom. The Hall–Kier alpha value is -6.20. The number of aliphatic hydroxyl groups is 1. The van der Waals surface area contributed by atoms with Crippen molar-refractivity contribution in [2.45, 2.75) is 101 Å². The maximum atomic E-state index is 14.7. The van der Waals surface area contributed by atoms with Crippen LogP contribution >= 0.6 is 11.8 Å². The van der Waals surface area contributed by atoms with E-state index in [1.165, 1.54) is 23.9 Å². The second-order valence-corrected chi connectivity index (χ2v) is 18.4. The summed E-state index contributed by atoms with van der Waals surface area (Å²) in [5.74, 6) is -2.01. The van der Waals surface area contributed by atoms with E-state index in [0.29, 0.717) is 5.75 Å². The summed E-state index contributed by atoms with van der Waals surface area (Å²) in [5, 5.41) is 12.1. The smallest absolute Gasteiger partial charge is 0.339 e. The first-order chi connectivity index (χ1) is 34.7. The molecule has 13 nitrogen and oxygen atoms in total. The predicted molar refractivity (Wildman–Crippen MR) is 265 cm³/mol. The van der Waals surface area contributed by atoms with E-state index in [1.807, 2.05) is 135 Å². The van der Waals surface area contributed by atoms with Crippen molar-refractivity contribution < 1.29 is 62.1 Å². The van der Waals surface area contributed by atoms with Gasteiger partial charge in [0.05, 0.1) is 55.8 Å². The van der Waals surface area contributed by atoms with E-state index in [9.17, 15) is 19.5 Å². The lowest BCUT2D eigenvalue weighted by Gasteiger charge is -2.44. The van der Waals surface area contributed by atoms with Crippen molar-refractivity contribution in [3.8, 4) is 0 Å². The van der Waals surface area contributed by atoms with E-state index in [-0.39, 0.29) is 49.7 Å². The molecule has 8 rings (SSSR count). The molecule has 0 aromatic heterocycles. The van der Waals surface area contributed by atoms with Crippen LogP contribution in [0.25, 0.3) is 0 Å². The zero-order valence-electron chi connectivity index (χ0n) is 39.5. The monoisotopic (exact) mass is 982 g/mol. The van der Waals surface area contributed by atoms with Gasteiger partial charge in [-0.05, 0) is 59.2 Å². The molecule has 2 fully saturated rings. The molecule has 370 valence electrons. The van der Waals surface area contributed by atoms with Crippen LogP contribution < -0.4 is 0 Å². The van der Waals surface area contributed by atoms with Crippen molar-refractivity contribution >= 4 is 29.7 Å². The van der Waals surface area contributed by atoms with Gasteiger partial charge in [-0.3, -0.25) is 0 Å². The van der Waals surface area contributed by atoms with Crippen molar-refractivity contribution in [2.75, 3.05) is 12.4 Å². The SMILES string of the molecule is CCS[C@@H]1O[C@@H](C)C(OCc2ccccc2)[C@H](OCc2ccccc2)[C@H]1OC(=O)c1ccccc1C(=O)O[C@H]1[C@H](O)[C@@H](COCc2ccccc2)O[C@H](OCc2ccccc2)[C@@H]1OC(=O)c1ccccc1.